The van der Waals surface area contributed by atoms with Gasteiger partial charge in [0.25, 0.3) is 0 Å². The molecule has 3 rings (SSSR count). The maximum absolute atomic E-state index is 12.0. The van der Waals surface area contributed by atoms with Crippen molar-refractivity contribution in [3.05, 3.63) is 48.2 Å². The number of hydrogen-bond donors (Lipinski definition) is 3. The number of carbonyl (C=O) groups is 2. The first-order valence-corrected chi connectivity index (χ1v) is 6.81. The van der Waals surface area contributed by atoms with Gasteiger partial charge in [0, 0.05) is 22.5 Å². The lowest BCUT2D eigenvalue weighted by atomic mass is 10.1. The van der Waals surface area contributed by atoms with Gasteiger partial charge in [0.05, 0.1) is 0 Å². The third-order valence-corrected chi connectivity index (χ3v) is 3.22. The van der Waals surface area contributed by atoms with Crippen LogP contribution in [-0.2, 0) is 9.59 Å². The van der Waals surface area contributed by atoms with E-state index in [1.54, 1.807) is 43.3 Å². The Kier molecular flexibility index (Phi) is 3.68. The zero-order chi connectivity index (χ0) is 16.4. The number of fused-ring (bicyclic) bond motifs is 1. The summed E-state index contributed by atoms with van der Waals surface area (Å²) < 4.78 is 4.81. The van der Waals surface area contributed by atoms with Crippen LogP contribution in [0.5, 0.6) is 5.75 Å². The van der Waals surface area contributed by atoms with E-state index < -0.39 is 11.8 Å². The number of anilines is 2. The van der Waals surface area contributed by atoms with Crippen LogP contribution in [0.1, 0.15) is 5.76 Å². The van der Waals surface area contributed by atoms with E-state index in [4.69, 9.17) is 4.52 Å². The predicted molar refractivity (Wildman–Crippen MR) is 84.1 cm³/mol. The predicted octanol–water partition coefficient (Wildman–Crippen LogP) is 2.42. The maximum atomic E-state index is 12.0. The fourth-order valence-electron chi connectivity index (χ4n) is 2.18. The van der Waals surface area contributed by atoms with E-state index in [1.165, 1.54) is 6.07 Å². The first-order valence-electron chi connectivity index (χ1n) is 6.81. The van der Waals surface area contributed by atoms with Crippen molar-refractivity contribution in [1.29, 1.82) is 0 Å². The lowest BCUT2D eigenvalue weighted by molar-refractivity contribution is -0.133. The van der Waals surface area contributed by atoms with Crippen molar-refractivity contribution in [1.82, 2.24) is 5.16 Å². The molecule has 0 aliphatic rings. The molecule has 3 N–H and O–H groups in total. The Labute approximate surface area is 130 Å². The molecule has 2 amide bonds. The Morgan fingerprint density at radius 3 is 2.48 bits per heavy atom. The summed E-state index contributed by atoms with van der Waals surface area (Å²) in [5, 5.41) is 19.5. The third-order valence-electron chi connectivity index (χ3n) is 3.22. The van der Waals surface area contributed by atoms with Crippen LogP contribution in [0.2, 0.25) is 0 Å². The minimum absolute atomic E-state index is 0.0983. The lowest BCUT2D eigenvalue weighted by Gasteiger charge is -2.09. The highest BCUT2D eigenvalue weighted by Gasteiger charge is 2.17. The average Bonchev–Trinajstić information content (AvgIpc) is 2.93. The second kappa shape index (κ2) is 5.80. The van der Waals surface area contributed by atoms with E-state index in [1.807, 2.05) is 0 Å². The summed E-state index contributed by atoms with van der Waals surface area (Å²) in [7, 11) is 0. The van der Waals surface area contributed by atoms with Crippen molar-refractivity contribution in [2.24, 2.45) is 0 Å². The summed E-state index contributed by atoms with van der Waals surface area (Å²) in [5.74, 6) is -0.929. The van der Waals surface area contributed by atoms with Crippen LogP contribution in [0.3, 0.4) is 0 Å². The van der Waals surface area contributed by atoms with E-state index in [9.17, 15) is 14.7 Å². The molecule has 0 radical (unpaired) electrons. The molecule has 0 atom stereocenters. The van der Waals surface area contributed by atoms with E-state index in [0.29, 0.717) is 22.2 Å². The summed E-state index contributed by atoms with van der Waals surface area (Å²) in [6, 6.07) is 11.5. The number of rotatable bonds is 2. The SMILES string of the molecule is Cc1cc(NC(=O)C(=O)Nc2cccc3c(O)cccc23)no1. The van der Waals surface area contributed by atoms with Crippen LogP contribution in [0, 0.1) is 6.92 Å². The zero-order valence-corrected chi connectivity index (χ0v) is 12.2. The maximum Gasteiger partial charge on any atom is 0.315 e. The van der Waals surface area contributed by atoms with Crippen LogP contribution in [0.4, 0.5) is 11.5 Å². The average molecular weight is 311 g/mol. The first kappa shape index (κ1) is 14.6. The molecule has 0 saturated heterocycles. The molecule has 0 unspecified atom stereocenters. The summed E-state index contributed by atoms with van der Waals surface area (Å²) in [5.41, 5.74) is 0.426. The summed E-state index contributed by atoms with van der Waals surface area (Å²) in [4.78, 5) is 23.9. The van der Waals surface area contributed by atoms with Crippen molar-refractivity contribution < 1.29 is 19.2 Å². The molecule has 0 bridgehead atoms. The fourth-order valence-corrected chi connectivity index (χ4v) is 2.18. The van der Waals surface area contributed by atoms with Gasteiger partial charge in [-0.25, -0.2) is 0 Å². The Balaban J connectivity index is 1.80. The quantitative estimate of drug-likeness (QED) is 0.630. The highest BCUT2D eigenvalue weighted by Crippen LogP contribution is 2.29. The molecule has 1 aromatic heterocycles. The molecule has 0 fully saturated rings. The van der Waals surface area contributed by atoms with Gasteiger partial charge in [-0.2, -0.15) is 0 Å². The molecule has 3 aromatic rings. The normalized spacial score (nSPS) is 10.5. The van der Waals surface area contributed by atoms with Gasteiger partial charge in [0.2, 0.25) is 0 Å². The van der Waals surface area contributed by atoms with Gasteiger partial charge in [0.15, 0.2) is 5.82 Å². The number of amides is 2. The molecule has 0 saturated carbocycles. The van der Waals surface area contributed by atoms with Gasteiger partial charge in [-0.05, 0) is 19.1 Å². The Morgan fingerprint density at radius 2 is 1.74 bits per heavy atom. The minimum atomic E-state index is -0.865. The van der Waals surface area contributed by atoms with Crippen molar-refractivity contribution in [3.63, 3.8) is 0 Å². The van der Waals surface area contributed by atoms with Gasteiger partial charge in [-0.15, -0.1) is 0 Å². The Bertz CT molecular complexity index is 901. The second-order valence-corrected chi connectivity index (χ2v) is 4.91. The van der Waals surface area contributed by atoms with Crippen molar-refractivity contribution >= 4 is 34.1 Å². The number of benzene rings is 2. The van der Waals surface area contributed by atoms with E-state index in [0.717, 1.165) is 0 Å². The van der Waals surface area contributed by atoms with Crippen molar-refractivity contribution in [3.8, 4) is 5.75 Å². The van der Waals surface area contributed by atoms with Crippen LogP contribution >= 0.6 is 0 Å². The van der Waals surface area contributed by atoms with Crippen molar-refractivity contribution in [2.75, 3.05) is 10.6 Å². The summed E-state index contributed by atoms with van der Waals surface area (Å²) in [6.07, 6.45) is 0. The molecule has 1 heterocycles. The molecule has 116 valence electrons. The number of nitrogens with zero attached hydrogens (tertiary/aromatic N) is 1. The molecule has 0 aliphatic heterocycles. The van der Waals surface area contributed by atoms with Gasteiger partial charge in [-0.3, -0.25) is 14.9 Å². The van der Waals surface area contributed by atoms with Crippen molar-refractivity contribution in [2.45, 2.75) is 6.92 Å². The van der Waals surface area contributed by atoms with Crippen LogP contribution in [0.15, 0.2) is 47.0 Å². The molecule has 23 heavy (non-hydrogen) atoms. The summed E-state index contributed by atoms with van der Waals surface area (Å²) >= 11 is 0. The highest BCUT2D eigenvalue weighted by atomic mass is 16.5. The number of phenols is 1. The van der Waals surface area contributed by atoms with Gasteiger partial charge in [0.1, 0.15) is 11.5 Å². The topological polar surface area (TPSA) is 104 Å². The Hall–Kier alpha value is -3.35. The molecular formula is C16H13N3O4. The molecular weight excluding hydrogens is 298 g/mol. The smallest absolute Gasteiger partial charge is 0.315 e. The number of phenolic OH excluding ortho intramolecular Hbond substituents is 1. The molecule has 7 nitrogen and oxygen atoms in total. The van der Waals surface area contributed by atoms with E-state index in [-0.39, 0.29) is 11.6 Å². The monoisotopic (exact) mass is 311 g/mol. The third kappa shape index (κ3) is 2.98. The van der Waals surface area contributed by atoms with Crippen LogP contribution in [0.25, 0.3) is 10.8 Å². The Morgan fingerprint density at radius 1 is 1.04 bits per heavy atom. The van der Waals surface area contributed by atoms with Crippen LogP contribution in [-0.4, -0.2) is 22.1 Å². The van der Waals surface area contributed by atoms with E-state index >= 15 is 0 Å². The van der Waals surface area contributed by atoms with Gasteiger partial charge >= 0.3 is 11.8 Å². The summed E-state index contributed by atoms with van der Waals surface area (Å²) in [6.45, 7) is 1.67. The number of aromatic hydroxyl groups is 1. The standard InChI is InChI=1S/C16H13N3O4/c1-9-8-14(19-23-9)18-16(22)15(21)17-12-6-2-5-11-10(12)4-3-7-13(11)20/h2-8,20H,1H3,(H,17,21)(H,18,19,22). The zero-order valence-electron chi connectivity index (χ0n) is 12.2. The number of hydrogen-bond acceptors (Lipinski definition) is 5. The van der Waals surface area contributed by atoms with Crippen LogP contribution < -0.4 is 10.6 Å². The lowest BCUT2D eigenvalue weighted by Crippen LogP contribution is -2.29. The molecule has 7 heteroatoms. The second-order valence-electron chi connectivity index (χ2n) is 4.91. The van der Waals surface area contributed by atoms with Gasteiger partial charge in [-0.1, -0.05) is 29.4 Å². The minimum Gasteiger partial charge on any atom is -0.507 e. The largest absolute Gasteiger partial charge is 0.507 e. The highest BCUT2D eigenvalue weighted by molar-refractivity contribution is 6.44. The first-order chi connectivity index (χ1) is 11.0. The number of aryl methyl sites for hydroxylation is 1. The number of carbonyl (C=O) groups excluding carboxylic acids is 2. The van der Waals surface area contributed by atoms with E-state index in [2.05, 4.69) is 15.8 Å². The number of aromatic nitrogens is 1. The molecule has 0 aliphatic carbocycles. The van der Waals surface area contributed by atoms with Gasteiger partial charge < -0.3 is 14.9 Å². The molecule has 0 spiro atoms. The number of nitrogens with one attached hydrogen (secondary N) is 2. The molecule has 2 aromatic carbocycles. The fraction of sp³-hybridized carbons (Fsp3) is 0.0625.